The van der Waals surface area contributed by atoms with Crippen LogP contribution in [0.25, 0.3) is 0 Å². The Balaban J connectivity index is 2.87. The Hall–Kier alpha value is -0.750. The van der Waals surface area contributed by atoms with E-state index in [1.807, 2.05) is 12.1 Å². The molecule has 0 bridgehead atoms. The number of rotatable bonds is 5. The lowest BCUT2D eigenvalue weighted by atomic mass is 9.87. The van der Waals surface area contributed by atoms with Crippen molar-refractivity contribution < 1.29 is 0 Å². The SMILES string of the molecule is C=C(CCC)C(CC)c1cccc(Cl)c1. The van der Waals surface area contributed by atoms with E-state index in [2.05, 4.69) is 32.6 Å². The predicted molar refractivity (Wildman–Crippen MR) is 68.5 cm³/mol. The molecule has 1 atom stereocenters. The van der Waals surface area contributed by atoms with Gasteiger partial charge in [-0.05, 0) is 30.5 Å². The molecule has 1 aromatic carbocycles. The predicted octanol–water partition coefficient (Wildman–Crippen LogP) is 5.19. The van der Waals surface area contributed by atoms with Crippen LogP contribution in [-0.4, -0.2) is 0 Å². The highest BCUT2D eigenvalue weighted by molar-refractivity contribution is 6.30. The van der Waals surface area contributed by atoms with Gasteiger partial charge in [-0.3, -0.25) is 0 Å². The highest BCUT2D eigenvalue weighted by atomic mass is 35.5. The summed E-state index contributed by atoms with van der Waals surface area (Å²) in [6.07, 6.45) is 3.36. The second kappa shape index (κ2) is 5.97. The van der Waals surface area contributed by atoms with Gasteiger partial charge in [0.1, 0.15) is 0 Å². The van der Waals surface area contributed by atoms with Crippen LogP contribution in [0.15, 0.2) is 36.4 Å². The molecule has 0 saturated carbocycles. The first-order valence-electron chi connectivity index (χ1n) is 5.62. The molecule has 82 valence electrons. The van der Waals surface area contributed by atoms with Gasteiger partial charge in [0, 0.05) is 10.9 Å². The van der Waals surface area contributed by atoms with Gasteiger partial charge in [-0.25, -0.2) is 0 Å². The van der Waals surface area contributed by atoms with Crippen LogP contribution in [0.5, 0.6) is 0 Å². The minimum Gasteiger partial charge on any atom is -0.0992 e. The van der Waals surface area contributed by atoms with Crippen LogP contribution in [0.2, 0.25) is 5.02 Å². The van der Waals surface area contributed by atoms with Crippen molar-refractivity contribution in [2.45, 2.75) is 39.0 Å². The molecule has 1 aromatic rings. The fourth-order valence-electron chi connectivity index (χ4n) is 1.98. The van der Waals surface area contributed by atoms with Crippen LogP contribution in [-0.2, 0) is 0 Å². The molecule has 0 fully saturated rings. The minimum absolute atomic E-state index is 0.462. The first kappa shape index (κ1) is 12.3. The molecule has 0 N–H and O–H groups in total. The Morgan fingerprint density at radius 2 is 2.13 bits per heavy atom. The Morgan fingerprint density at radius 3 is 2.67 bits per heavy atom. The van der Waals surface area contributed by atoms with Gasteiger partial charge < -0.3 is 0 Å². The maximum atomic E-state index is 6.00. The van der Waals surface area contributed by atoms with Crippen molar-refractivity contribution >= 4 is 11.6 Å². The molecule has 1 unspecified atom stereocenters. The lowest BCUT2D eigenvalue weighted by Gasteiger charge is -2.18. The smallest absolute Gasteiger partial charge is 0.0408 e. The van der Waals surface area contributed by atoms with Crippen LogP contribution in [0.4, 0.5) is 0 Å². The van der Waals surface area contributed by atoms with E-state index in [-0.39, 0.29) is 0 Å². The van der Waals surface area contributed by atoms with Crippen molar-refractivity contribution in [2.24, 2.45) is 0 Å². The minimum atomic E-state index is 0.462. The average Bonchev–Trinajstić information content (AvgIpc) is 2.19. The van der Waals surface area contributed by atoms with Crippen molar-refractivity contribution in [1.82, 2.24) is 0 Å². The number of halogens is 1. The molecule has 0 amide bonds. The normalized spacial score (nSPS) is 12.5. The topological polar surface area (TPSA) is 0 Å². The number of allylic oxidation sites excluding steroid dienone is 1. The molecule has 0 aliphatic heterocycles. The number of benzene rings is 1. The zero-order chi connectivity index (χ0) is 11.3. The summed E-state index contributed by atoms with van der Waals surface area (Å²) < 4.78 is 0. The number of hydrogen-bond acceptors (Lipinski definition) is 0. The summed E-state index contributed by atoms with van der Waals surface area (Å²) in [6.45, 7) is 8.57. The first-order valence-corrected chi connectivity index (χ1v) is 6.00. The van der Waals surface area contributed by atoms with E-state index in [0.29, 0.717) is 5.92 Å². The van der Waals surface area contributed by atoms with Gasteiger partial charge in [-0.2, -0.15) is 0 Å². The molecule has 15 heavy (non-hydrogen) atoms. The molecular weight excluding hydrogens is 204 g/mol. The molecule has 0 aliphatic rings. The number of hydrogen-bond donors (Lipinski definition) is 0. The van der Waals surface area contributed by atoms with Crippen molar-refractivity contribution in [2.75, 3.05) is 0 Å². The zero-order valence-electron chi connectivity index (χ0n) is 9.59. The maximum absolute atomic E-state index is 6.00. The Labute approximate surface area is 98.0 Å². The lowest BCUT2D eigenvalue weighted by Crippen LogP contribution is -2.00. The second-order valence-electron chi connectivity index (χ2n) is 3.92. The van der Waals surface area contributed by atoms with Crippen LogP contribution in [0.3, 0.4) is 0 Å². The molecule has 1 rings (SSSR count). The summed E-state index contributed by atoms with van der Waals surface area (Å²) >= 11 is 6.00. The van der Waals surface area contributed by atoms with Gasteiger partial charge in [0.15, 0.2) is 0 Å². The van der Waals surface area contributed by atoms with Gasteiger partial charge in [0.05, 0.1) is 0 Å². The molecule has 0 aromatic heterocycles. The summed E-state index contributed by atoms with van der Waals surface area (Å²) in [7, 11) is 0. The lowest BCUT2D eigenvalue weighted by molar-refractivity contribution is 0.708. The Morgan fingerprint density at radius 1 is 1.40 bits per heavy atom. The van der Waals surface area contributed by atoms with Crippen LogP contribution in [0, 0.1) is 0 Å². The highest BCUT2D eigenvalue weighted by Crippen LogP contribution is 2.30. The molecule has 0 nitrogen and oxygen atoms in total. The van der Waals surface area contributed by atoms with E-state index in [1.165, 1.54) is 11.1 Å². The van der Waals surface area contributed by atoms with Gasteiger partial charge >= 0.3 is 0 Å². The van der Waals surface area contributed by atoms with E-state index in [4.69, 9.17) is 11.6 Å². The Bertz CT molecular complexity index is 328. The van der Waals surface area contributed by atoms with E-state index < -0.39 is 0 Å². The van der Waals surface area contributed by atoms with E-state index in [9.17, 15) is 0 Å². The molecular formula is C14H19Cl. The zero-order valence-corrected chi connectivity index (χ0v) is 10.3. The largest absolute Gasteiger partial charge is 0.0992 e. The molecule has 0 saturated heterocycles. The average molecular weight is 223 g/mol. The van der Waals surface area contributed by atoms with Gasteiger partial charge in [-0.1, -0.05) is 56.2 Å². The standard InChI is InChI=1S/C14H19Cl/c1-4-7-11(3)14(5-2)12-8-6-9-13(15)10-12/h6,8-10,14H,3-5,7H2,1-2H3. The first-order chi connectivity index (χ1) is 7.19. The quantitative estimate of drug-likeness (QED) is 0.602. The third-order valence-corrected chi connectivity index (χ3v) is 2.96. The fraction of sp³-hybridized carbons (Fsp3) is 0.429. The summed E-state index contributed by atoms with van der Waals surface area (Å²) in [5.41, 5.74) is 2.62. The van der Waals surface area contributed by atoms with Gasteiger partial charge in [0.25, 0.3) is 0 Å². The van der Waals surface area contributed by atoms with E-state index >= 15 is 0 Å². The Kier molecular flexibility index (Phi) is 4.90. The third kappa shape index (κ3) is 3.39. The van der Waals surface area contributed by atoms with Gasteiger partial charge in [-0.15, -0.1) is 0 Å². The van der Waals surface area contributed by atoms with Gasteiger partial charge in [0.2, 0.25) is 0 Å². The van der Waals surface area contributed by atoms with Crippen molar-refractivity contribution in [3.63, 3.8) is 0 Å². The third-order valence-electron chi connectivity index (χ3n) is 2.72. The second-order valence-corrected chi connectivity index (χ2v) is 4.36. The van der Waals surface area contributed by atoms with Crippen LogP contribution < -0.4 is 0 Å². The molecule has 0 spiro atoms. The van der Waals surface area contributed by atoms with Crippen LogP contribution in [0.1, 0.15) is 44.6 Å². The highest BCUT2D eigenvalue weighted by Gasteiger charge is 2.12. The fourth-order valence-corrected chi connectivity index (χ4v) is 2.18. The molecule has 0 heterocycles. The van der Waals surface area contributed by atoms with Crippen LogP contribution >= 0.6 is 11.6 Å². The summed E-state index contributed by atoms with van der Waals surface area (Å²) in [4.78, 5) is 0. The van der Waals surface area contributed by atoms with Crippen molar-refractivity contribution in [3.05, 3.63) is 47.0 Å². The van der Waals surface area contributed by atoms with Crippen molar-refractivity contribution in [3.8, 4) is 0 Å². The van der Waals surface area contributed by atoms with E-state index in [0.717, 1.165) is 24.3 Å². The van der Waals surface area contributed by atoms with Crippen molar-refractivity contribution in [1.29, 1.82) is 0 Å². The summed E-state index contributed by atoms with van der Waals surface area (Å²) in [5, 5.41) is 0.815. The summed E-state index contributed by atoms with van der Waals surface area (Å²) in [5.74, 6) is 0.462. The monoisotopic (exact) mass is 222 g/mol. The summed E-state index contributed by atoms with van der Waals surface area (Å²) in [6, 6.07) is 8.12. The molecule has 1 heteroatoms. The maximum Gasteiger partial charge on any atom is 0.0408 e. The van der Waals surface area contributed by atoms with E-state index in [1.54, 1.807) is 0 Å². The molecule has 0 aliphatic carbocycles. The molecule has 0 radical (unpaired) electrons.